The molecule has 240 valence electrons. The van der Waals surface area contributed by atoms with Crippen molar-refractivity contribution in [2.45, 2.75) is 25.0 Å². The number of pyridine rings is 1. The van der Waals surface area contributed by atoms with Crippen LogP contribution in [0.1, 0.15) is 33.9 Å². The largest absolute Gasteiger partial charge is 0.481 e. The van der Waals surface area contributed by atoms with E-state index in [-0.39, 0.29) is 22.3 Å². The minimum Gasteiger partial charge on any atom is -0.481 e. The number of rotatable bonds is 8. The smallest absolute Gasteiger partial charge is 0.330 e. The second kappa shape index (κ2) is 13.0. The van der Waals surface area contributed by atoms with Crippen LogP contribution < -0.4 is 26.6 Å². The van der Waals surface area contributed by atoms with Gasteiger partial charge < -0.3 is 29.8 Å². The molecule has 1 amide bonds. The number of nitrogens with zero attached hydrogens (tertiary/aromatic N) is 3. The second-order valence-corrected chi connectivity index (χ2v) is 12.3. The standard InChI is InChI=1S/C33H33Cl2N5O6/c1-39-15-22(32(43)40(2)33(39)44)30(42)37-23-9-5-7-20(28(23)35)19-6-4-8-21(27(19)34)24-12-18-13-25(41)29(26(18)31(38-24)45-3)36-14-17-10-11-46-16-17/h4-9,12,15,17,25,29,36,41H,10-11,13-14,16H2,1-3H3,(H,37,42)/t17-,25-,29+/m1/s1. The van der Waals surface area contributed by atoms with E-state index < -0.39 is 23.3 Å². The number of nitrogens with one attached hydrogen (secondary N) is 2. The molecule has 1 aliphatic carbocycles. The van der Waals surface area contributed by atoms with Crippen molar-refractivity contribution in [3.8, 4) is 28.3 Å². The molecule has 2 aromatic heterocycles. The van der Waals surface area contributed by atoms with Gasteiger partial charge in [-0.15, -0.1) is 0 Å². The number of hydrogen-bond donors (Lipinski definition) is 3. The molecule has 11 nitrogen and oxygen atoms in total. The molecular formula is C33H33Cl2N5O6. The minimum absolute atomic E-state index is 0.209. The topological polar surface area (TPSA) is 137 Å². The van der Waals surface area contributed by atoms with E-state index in [0.717, 1.165) is 39.8 Å². The van der Waals surface area contributed by atoms with E-state index in [1.165, 1.54) is 20.3 Å². The zero-order valence-electron chi connectivity index (χ0n) is 25.5. The van der Waals surface area contributed by atoms with E-state index in [9.17, 15) is 19.5 Å². The first kappa shape index (κ1) is 32.0. The summed E-state index contributed by atoms with van der Waals surface area (Å²) < 4.78 is 13.2. The molecule has 0 radical (unpaired) electrons. The van der Waals surface area contributed by atoms with E-state index in [4.69, 9.17) is 37.7 Å². The van der Waals surface area contributed by atoms with Gasteiger partial charge >= 0.3 is 5.69 Å². The molecule has 0 saturated carbocycles. The monoisotopic (exact) mass is 665 g/mol. The van der Waals surface area contributed by atoms with Crippen LogP contribution in [0.3, 0.4) is 0 Å². The van der Waals surface area contributed by atoms with E-state index in [0.29, 0.717) is 52.2 Å². The molecule has 2 aliphatic rings. The minimum atomic E-state index is -0.723. The number of amides is 1. The van der Waals surface area contributed by atoms with Gasteiger partial charge in [-0.3, -0.25) is 14.2 Å². The number of ether oxygens (including phenoxy) is 2. The Morgan fingerprint density at radius 1 is 1.11 bits per heavy atom. The number of halogens is 2. The molecule has 46 heavy (non-hydrogen) atoms. The molecule has 2 aromatic carbocycles. The first-order valence-electron chi connectivity index (χ1n) is 14.8. The highest BCUT2D eigenvalue weighted by atomic mass is 35.5. The lowest BCUT2D eigenvalue weighted by atomic mass is 9.99. The van der Waals surface area contributed by atoms with Crippen LogP contribution in [0.4, 0.5) is 5.69 Å². The average molecular weight is 667 g/mol. The number of aryl methyl sites for hydroxylation is 1. The summed E-state index contributed by atoms with van der Waals surface area (Å²) in [6, 6.07) is 12.2. The van der Waals surface area contributed by atoms with E-state index in [2.05, 4.69) is 10.6 Å². The van der Waals surface area contributed by atoms with E-state index >= 15 is 0 Å². The van der Waals surface area contributed by atoms with Gasteiger partial charge in [0.05, 0.1) is 47.3 Å². The average Bonchev–Trinajstić information content (AvgIpc) is 3.68. The summed E-state index contributed by atoms with van der Waals surface area (Å²) in [7, 11) is 4.32. The maximum absolute atomic E-state index is 13.1. The van der Waals surface area contributed by atoms with Crippen molar-refractivity contribution < 1.29 is 19.4 Å². The van der Waals surface area contributed by atoms with Crippen LogP contribution in [0.15, 0.2) is 58.3 Å². The second-order valence-electron chi connectivity index (χ2n) is 11.6. The third-order valence-electron chi connectivity index (χ3n) is 8.58. The fraction of sp³-hybridized carbons (Fsp3) is 0.333. The summed E-state index contributed by atoms with van der Waals surface area (Å²) in [6.45, 7) is 2.19. The predicted octanol–water partition coefficient (Wildman–Crippen LogP) is 3.96. The van der Waals surface area contributed by atoms with Crippen LogP contribution in [0, 0.1) is 5.92 Å². The van der Waals surface area contributed by atoms with Crippen LogP contribution in [0.25, 0.3) is 22.4 Å². The van der Waals surface area contributed by atoms with Crippen LogP contribution >= 0.6 is 23.2 Å². The highest BCUT2D eigenvalue weighted by Gasteiger charge is 2.36. The summed E-state index contributed by atoms with van der Waals surface area (Å²) >= 11 is 13.8. The Morgan fingerprint density at radius 2 is 1.83 bits per heavy atom. The predicted molar refractivity (Wildman–Crippen MR) is 176 cm³/mol. The molecule has 1 aliphatic heterocycles. The van der Waals surface area contributed by atoms with Gasteiger partial charge in [-0.05, 0) is 30.0 Å². The summed E-state index contributed by atoms with van der Waals surface area (Å²) in [5.41, 5.74) is 2.88. The van der Waals surface area contributed by atoms with Crippen LogP contribution in [0.5, 0.6) is 5.88 Å². The van der Waals surface area contributed by atoms with Crippen molar-refractivity contribution in [1.29, 1.82) is 0 Å². The van der Waals surface area contributed by atoms with Crippen molar-refractivity contribution >= 4 is 34.8 Å². The highest BCUT2D eigenvalue weighted by Crippen LogP contribution is 2.44. The van der Waals surface area contributed by atoms with Gasteiger partial charge in [-0.1, -0.05) is 53.5 Å². The Kier molecular flexibility index (Phi) is 9.04. The molecule has 1 saturated heterocycles. The Morgan fingerprint density at radius 3 is 2.54 bits per heavy atom. The highest BCUT2D eigenvalue weighted by molar-refractivity contribution is 6.39. The van der Waals surface area contributed by atoms with Gasteiger partial charge in [0.25, 0.3) is 11.5 Å². The van der Waals surface area contributed by atoms with Gasteiger partial charge in [-0.25, -0.2) is 9.78 Å². The summed E-state index contributed by atoms with van der Waals surface area (Å²) in [5, 5.41) is 17.8. The lowest BCUT2D eigenvalue weighted by molar-refractivity contribution is 0.102. The Labute approximate surface area is 274 Å². The number of carbonyl (C=O) groups excluding carboxylic acids is 1. The molecule has 3 atom stereocenters. The molecule has 3 N–H and O–H groups in total. The van der Waals surface area contributed by atoms with Crippen LogP contribution in [0.2, 0.25) is 10.0 Å². The van der Waals surface area contributed by atoms with Crippen molar-refractivity contribution in [2.75, 3.05) is 32.2 Å². The maximum atomic E-state index is 13.1. The number of fused-ring (bicyclic) bond motifs is 1. The number of aliphatic hydroxyl groups excluding tert-OH is 1. The molecule has 0 bridgehead atoms. The number of anilines is 1. The van der Waals surface area contributed by atoms with Gasteiger partial charge in [0.1, 0.15) is 5.56 Å². The normalized spacial score (nSPS) is 18.9. The summed E-state index contributed by atoms with van der Waals surface area (Å²) in [5.74, 6) is 0.102. The number of methoxy groups -OCH3 is 1. The first-order chi connectivity index (χ1) is 22.1. The molecule has 4 aromatic rings. The Hall–Kier alpha value is -4.00. The van der Waals surface area contributed by atoms with Crippen molar-refractivity contribution in [3.05, 3.63) is 96.2 Å². The summed E-state index contributed by atoms with van der Waals surface area (Å²) in [6.07, 6.45) is 1.98. The van der Waals surface area contributed by atoms with Gasteiger partial charge in [-0.2, -0.15) is 0 Å². The zero-order chi connectivity index (χ0) is 32.7. The Bertz CT molecular complexity index is 1950. The number of aromatic nitrogens is 3. The number of carbonyl (C=O) groups is 1. The number of aliphatic hydroxyl groups is 1. The van der Waals surface area contributed by atoms with Crippen LogP contribution in [-0.2, 0) is 25.3 Å². The fourth-order valence-electron chi connectivity index (χ4n) is 6.12. The quantitative estimate of drug-likeness (QED) is 0.257. The third-order valence-corrected chi connectivity index (χ3v) is 9.40. The number of hydrogen-bond acceptors (Lipinski definition) is 8. The summed E-state index contributed by atoms with van der Waals surface area (Å²) in [4.78, 5) is 42.6. The van der Waals surface area contributed by atoms with E-state index in [1.807, 2.05) is 24.3 Å². The molecule has 0 unspecified atom stereocenters. The fourth-order valence-corrected chi connectivity index (χ4v) is 6.72. The Balaban J connectivity index is 1.32. The van der Waals surface area contributed by atoms with Crippen molar-refractivity contribution in [2.24, 2.45) is 20.0 Å². The van der Waals surface area contributed by atoms with Gasteiger partial charge in [0, 0.05) is 62.1 Å². The molecule has 1 fully saturated rings. The van der Waals surface area contributed by atoms with Crippen molar-refractivity contribution in [3.63, 3.8) is 0 Å². The zero-order valence-corrected chi connectivity index (χ0v) is 27.0. The van der Waals surface area contributed by atoms with Gasteiger partial charge in [0.2, 0.25) is 5.88 Å². The van der Waals surface area contributed by atoms with Gasteiger partial charge in [0.15, 0.2) is 0 Å². The molecule has 3 heterocycles. The molecule has 0 spiro atoms. The van der Waals surface area contributed by atoms with Crippen LogP contribution in [-0.4, -0.2) is 58.1 Å². The number of benzene rings is 2. The van der Waals surface area contributed by atoms with Crippen molar-refractivity contribution in [1.82, 2.24) is 19.4 Å². The lowest BCUT2D eigenvalue weighted by Crippen LogP contribution is -2.40. The molecular weight excluding hydrogens is 633 g/mol. The molecule has 6 rings (SSSR count). The van der Waals surface area contributed by atoms with E-state index in [1.54, 1.807) is 25.3 Å². The third kappa shape index (κ3) is 5.85. The lowest BCUT2D eigenvalue weighted by Gasteiger charge is -2.21. The maximum Gasteiger partial charge on any atom is 0.330 e. The SMILES string of the molecule is COc1nc(-c2cccc(-c3cccc(NC(=O)c4cn(C)c(=O)n(C)c4=O)c3Cl)c2Cl)cc2c1[C@@H](NC[C@H]1CCOC1)[C@H](O)C2. The first-order valence-corrected chi connectivity index (χ1v) is 15.6. The molecule has 13 heteroatoms.